The van der Waals surface area contributed by atoms with E-state index in [4.69, 9.17) is 16.3 Å². The van der Waals surface area contributed by atoms with E-state index in [2.05, 4.69) is 15.9 Å². The summed E-state index contributed by atoms with van der Waals surface area (Å²) in [6.07, 6.45) is 0.698. The third-order valence-electron chi connectivity index (χ3n) is 2.21. The number of halogens is 3. The van der Waals surface area contributed by atoms with Gasteiger partial charge in [0.05, 0.1) is 9.50 Å². The molecule has 0 saturated carbocycles. The maximum Gasteiger partial charge on any atom is 0.150 e. The molecule has 2 aromatic carbocycles. The van der Waals surface area contributed by atoms with Crippen molar-refractivity contribution in [1.82, 2.24) is 0 Å². The van der Waals surface area contributed by atoms with Crippen LogP contribution in [-0.2, 0) is 0 Å². The lowest BCUT2D eigenvalue weighted by molar-refractivity contribution is 0.112. The van der Waals surface area contributed by atoms with Crippen molar-refractivity contribution < 1.29 is 13.9 Å². The van der Waals surface area contributed by atoms with Gasteiger partial charge < -0.3 is 4.74 Å². The lowest BCUT2D eigenvalue weighted by atomic mass is 10.2. The van der Waals surface area contributed by atoms with Gasteiger partial charge in [0.2, 0.25) is 0 Å². The topological polar surface area (TPSA) is 26.3 Å². The van der Waals surface area contributed by atoms with Gasteiger partial charge >= 0.3 is 0 Å². The fraction of sp³-hybridized carbons (Fsp3) is 0. The van der Waals surface area contributed by atoms with Gasteiger partial charge in [0.25, 0.3) is 0 Å². The minimum absolute atomic E-state index is 0.316. The molecule has 0 atom stereocenters. The average molecular weight is 330 g/mol. The second-order valence-electron chi connectivity index (χ2n) is 3.48. The summed E-state index contributed by atoms with van der Waals surface area (Å²) in [6, 6.07) is 8.75. The van der Waals surface area contributed by atoms with Crippen LogP contribution in [0.15, 0.2) is 40.9 Å². The van der Waals surface area contributed by atoms with Crippen LogP contribution in [0.25, 0.3) is 0 Å². The van der Waals surface area contributed by atoms with Crippen LogP contribution in [0.1, 0.15) is 10.4 Å². The maximum absolute atomic E-state index is 12.9. The van der Waals surface area contributed by atoms with Gasteiger partial charge in [-0.15, -0.1) is 0 Å². The van der Waals surface area contributed by atoms with Crippen LogP contribution in [0, 0.1) is 5.82 Å². The molecule has 92 valence electrons. The van der Waals surface area contributed by atoms with Gasteiger partial charge in [-0.1, -0.05) is 11.6 Å². The maximum atomic E-state index is 12.9. The summed E-state index contributed by atoms with van der Waals surface area (Å²) < 4.78 is 18.9. The predicted molar refractivity (Wildman–Crippen MR) is 71.0 cm³/mol. The SMILES string of the molecule is O=Cc1ccc(Oc2ccc(F)cc2Br)c(Cl)c1. The summed E-state index contributed by atoms with van der Waals surface area (Å²) in [6.45, 7) is 0. The zero-order chi connectivity index (χ0) is 13.1. The van der Waals surface area contributed by atoms with Crippen LogP contribution in [-0.4, -0.2) is 6.29 Å². The average Bonchev–Trinajstić information content (AvgIpc) is 2.34. The molecule has 0 unspecified atom stereocenters. The molecule has 0 spiro atoms. The van der Waals surface area contributed by atoms with Crippen LogP contribution in [0.3, 0.4) is 0 Å². The Balaban J connectivity index is 2.31. The highest BCUT2D eigenvalue weighted by atomic mass is 79.9. The Kier molecular flexibility index (Phi) is 3.99. The van der Waals surface area contributed by atoms with Crippen molar-refractivity contribution in [2.24, 2.45) is 0 Å². The van der Waals surface area contributed by atoms with E-state index in [0.717, 1.165) is 0 Å². The smallest absolute Gasteiger partial charge is 0.150 e. The Morgan fingerprint density at radius 3 is 2.50 bits per heavy atom. The predicted octanol–water partition coefficient (Wildman–Crippen LogP) is 4.85. The molecule has 0 aliphatic carbocycles. The van der Waals surface area contributed by atoms with Crippen molar-refractivity contribution in [3.8, 4) is 11.5 Å². The molecule has 2 aromatic rings. The van der Waals surface area contributed by atoms with Gasteiger partial charge in [-0.25, -0.2) is 4.39 Å². The molecule has 0 amide bonds. The first-order chi connectivity index (χ1) is 8.60. The molecule has 2 rings (SSSR count). The van der Waals surface area contributed by atoms with E-state index >= 15 is 0 Å². The molecule has 0 aliphatic heterocycles. The molecular formula is C13H7BrClFO2. The van der Waals surface area contributed by atoms with E-state index in [9.17, 15) is 9.18 Å². The zero-order valence-electron chi connectivity index (χ0n) is 8.99. The Hall–Kier alpha value is -1.39. The fourth-order valence-corrected chi connectivity index (χ4v) is 2.01. The molecule has 0 heterocycles. The van der Waals surface area contributed by atoms with E-state index in [1.165, 1.54) is 24.3 Å². The first-order valence-corrected chi connectivity index (χ1v) is 6.15. The highest BCUT2D eigenvalue weighted by molar-refractivity contribution is 9.10. The molecule has 2 nitrogen and oxygen atoms in total. The molecule has 0 fully saturated rings. The number of aldehydes is 1. The van der Waals surface area contributed by atoms with Gasteiger partial charge in [-0.3, -0.25) is 4.79 Å². The van der Waals surface area contributed by atoms with Gasteiger partial charge in [0, 0.05) is 5.56 Å². The second kappa shape index (κ2) is 5.50. The summed E-state index contributed by atoms with van der Waals surface area (Å²) in [5.74, 6) is 0.475. The van der Waals surface area contributed by atoms with Gasteiger partial charge in [0.15, 0.2) is 0 Å². The summed E-state index contributed by atoms with van der Waals surface area (Å²) in [5, 5.41) is 0.316. The third kappa shape index (κ3) is 2.89. The number of benzene rings is 2. The molecule has 0 aromatic heterocycles. The van der Waals surface area contributed by atoms with Crippen molar-refractivity contribution in [2.75, 3.05) is 0 Å². The molecule has 0 bridgehead atoms. The number of hydrogen-bond donors (Lipinski definition) is 0. The Morgan fingerprint density at radius 1 is 1.17 bits per heavy atom. The minimum Gasteiger partial charge on any atom is -0.455 e. The van der Waals surface area contributed by atoms with Crippen molar-refractivity contribution in [3.05, 3.63) is 57.3 Å². The third-order valence-corrected chi connectivity index (χ3v) is 3.12. The van der Waals surface area contributed by atoms with Gasteiger partial charge in [-0.2, -0.15) is 0 Å². The van der Waals surface area contributed by atoms with Crippen LogP contribution in [0.4, 0.5) is 4.39 Å². The molecular weight excluding hydrogens is 322 g/mol. The van der Waals surface area contributed by atoms with Crippen molar-refractivity contribution in [2.45, 2.75) is 0 Å². The Bertz CT molecular complexity index is 602. The lowest BCUT2D eigenvalue weighted by Crippen LogP contribution is -1.89. The number of hydrogen-bond acceptors (Lipinski definition) is 2. The van der Waals surface area contributed by atoms with E-state index in [-0.39, 0.29) is 5.82 Å². The number of rotatable bonds is 3. The van der Waals surface area contributed by atoms with Crippen LogP contribution in [0.2, 0.25) is 5.02 Å². The monoisotopic (exact) mass is 328 g/mol. The van der Waals surface area contributed by atoms with Crippen molar-refractivity contribution >= 4 is 33.8 Å². The number of ether oxygens (including phenoxy) is 1. The molecule has 5 heteroatoms. The Morgan fingerprint density at radius 2 is 1.89 bits per heavy atom. The first kappa shape index (κ1) is 13.1. The molecule has 0 N–H and O–H groups in total. The summed E-state index contributed by atoms with van der Waals surface area (Å²) in [7, 11) is 0. The van der Waals surface area contributed by atoms with E-state index in [1.807, 2.05) is 0 Å². The zero-order valence-corrected chi connectivity index (χ0v) is 11.3. The normalized spacial score (nSPS) is 10.2. The van der Waals surface area contributed by atoms with Crippen LogP contribution < -0.4 is 4.74 Å². The molecule has 18 heavy (non-hydrogen) atoms. The van der Waals surface area contributed by atoms with Gasteiger partial charge in [-0.05, 0) is 52.3 Å². The van der Waals surface area contributed by atoms with Crippen LogP contribution >= 0.6 is 27.5 Å². The molecule has 0 saturated heterocycles. The van der Waals surface area contributed by atoms with Crippen molar-refractivity contribution in [3.63, 3.8) is 0 Å². The fourth-order valence-electron chi connectivity index (χ4n) is 1.35. The Labute approximate surface area is 116 Å². The molecule has 0 aliphatic rings. The largest absolute Gasteiger partial charge is 0.455 e. The molecule has 0 radical (unpaired) electrons. The number of carbonyl (C=O) groups excluding carboxylic acids is 1. The van der Waals surface area contributed by atoms with E-state index in [1.54, 1.807) is 12.1 Å². The summed E-state index contributed by atoms with van der Waals surface area (Å²) in [5.41, 5.74) is 0.463. The van der Waals surface area contributed by atoms with Crippen molar-refractivity contribution in [1.29, 1.82) is 0 Å². The van der Waals surface area contributed by atoms with E-state index in [0.29, 0.717) is 32.8 Å². The highest BCUT2D eigenvalue weighted by Crippen LogP contribution is 2.34. The highest BCUT2D eigenvalue weighted by Gasteiger charge is 2.08. The first-order valence-electron chi connectivity index (χ1n) is 4.98. The quantitative estimate of drug-likeness (QED) is 0.753. The van der Waals surface area contributed by atoms with E-state index < -0.39 is 0 Å². The second-order valence-corrected chi connectivity index (χ2v) is 4.75. The summed E-state index contributed by atoms with van der Waals surface area (Å²) in [4.78, 5) is 10.6. The summed E-state index contributed by atoms with van der Waals surface area (Å²) >= 11 is 9.16. The van der Waals surface area contributed by atoms with Crippen LogP contribution in [0.5, 0.6) is 11.5 Å². The van der Waals surface area contributed by atoms with Gasteiger partial charge in [0.1, 0.15) is 23.6 Å². The minimum atomic E-state index is -0.364. The lowest BCUT2D eigenvalue weighted by Gasteiger charge is -2.09. The standard InChI is InChI=1S/C13H7BrClFO2/c14-10-6-9(16)2-4-12(10)18-13-3-1-8(7-17)5-11(13)15/h1-7H. The number of carbonyl (C=O) groups is 1.